The molecule has 0 spiro atoms. The molecule has 0 fully saturated rings. The summed E-state index contributed by atoms with van der Waals surface area (Å²) in [6, 6.07) is 23.6. The Labute approximate surface area is 177 Å². The van der Waals surface area contributed by atoms with Gasteiger partial charge in [0.25, 0.3) is 11.8 Å². The lowest BCUT2D eigenvalue weighted by atomic mass is 10.1. The van der Waals surface area contributed by atoms with Crippen molar-refractivity contribution in [3.8, 4) is 5.75 Å². The van der Waals surface area contributed by atoms with Gasteiger partial charge in [-0.3, -0.25) is 9.59 Å². The summed E-state index contributed by atoms with van der Waals surface area (Å²) in [5.41, 5.74) is 2.48. The van der Waals surface area contributed by atoms with E-state index in [2.05, 4.69) is 5.32 Å². The summed E-state index contributed by atoms with van der Waals surface area (Å²) in [6.45, 7) is 6.34. The Hall–Kier alpha value is -3.60. The van der Waals surface area contributed by atoms with Gasteiger partial charge in [0, 0.05) is 23.5 Å². The van der Waals surface area contributed by atoms with E-state index in [1.165, 1.54) is 0 Å². The van der Waals surface area contributed by atoms with Crippen molar-refractivity contribution in [2.45, 2.75) is 26.9 Å². The third-order valence-corrected chi connectivity index (χ3v) is 4.51. The quantitative estimate of drug-likeness (QED) is 0.576. The molecule has 2 amide bonds. The van der Waals surface area contributed by atoms with Crippen LogP contribution in [0.2, 0.25) is 0 Å². The molecule has 0 bridgehead atoms. The van der Waals surface area contributed by atoms with Crippen LogP contribution in [0.15, 0.2) is 78.9 Å². The molecule has 5 nitrogen and oxygen atoms in total. The summed E-state index contributed by atoms with van der Waals surface area (Å²) < 4.78 is 5.72. The molecule has 0 saturated heterocycles. The van der Waals surface area contributed by atoms with Gasteiger partial charge in [-0.15, -0.1) is 0 Å². The van der Waals surface area contributed by atoms with Gasteiger partial charge in [0.15, 0.2) is 0 Å². The number of carbonyl (C=O) groups is 2. The first kappa shape index (κ1) is 21.1. The molecule has 3 aromatic carbocycles. The van der Waals surface area contributed by atoms with Gasteiger partial charge in [0.2, 0.25) is 0 Å². The number of amides is 2. The minimum atomic E-state index is -0.259. The average Bonchev–Trinajstić information content (AvgIpc) is 2.75. The van der Waals surface area contributed by atoms with Crippen LogP contribution in [-0.4, -0.2) is 24.5 Å². The highest BCUT2D eigenvalue weighted by Gasteiger charge is 2.17. The van der Waals surface area contributed by atoms with Crippen LogP contribution >= 0.6 is 0 Å². The SMILES string of the molecule is CCN(C(=O)c1ccc(NC(=O)c2ccccc2OC(C)C)cc1)c1ccccc1. The molecule has 30 heavy (non-hydrogen) atoms. The van der Waals surface area contributed by atoms with Gasteiger partial charge >= 0.3 is 0 Å². The highest BCUT2D eigenvalue weighted by molar-refractivity contribution is 6.08. The average molecular weight is 402 g/mol. The third kappa shape index (κ3) is 5.06. The van der Waals surface area contributed by atoms with Crippen LogP contribution in [0.5, 0.6) is 5.75 Å². The number of benzene rings is 3. The molecular formula is C25H26N2O3. The number of anilines is 2. The summed E-state index contributed by atoms with van der Waals surface area (Å²) in [4.78, 5) is 27.3. The molecule has 0 aliphatic rings. The fourth-order valence-corrected chi connectivity index (χ4v) is 3.11. The largest absolute Gasteiger partial charge is 0.490 e. The zero-order valence-corrected chi connectivity index (χ0v) is 17.5. The number of nitrogens with zero attached hydrogens (tertiary/aromatic N) is 1. The van der Waals surface area contributed by atoms with Crippen LogP contribution in [-0.2, 0) is 0 Å². The molecule has 0 saturated carbocycles. The summed E-state index contributed by atoms with van der Waals surface area (Å²) >= 11 is 0. The van der Waals surface area contributed by atoms with Gasteiger partial charge in [-0.1, -0.05) is 30.3 Å². The number of nitrogens with one attached hydrogen (secondary N) is 1. The lowest BCUT2D eigenvalue weighted by molar-refractivity contribution is 0.0986. The van der Waals surface area contributed by atoms with Crippen LogP contribution < -0.4 is 15.0 Å². The first-order valence-electron chi connectivity index (χ1n) is 10.0. The van der Waals surface area contributed by atoms with E-state index in [1.807, 2.05) is 57.2 Å². The molecule has 3 rings (SSSR count). The maximum atomic E-state index is 12.9. The monoisotopic (exact) mass is 402 g/mol. The highest BCUT2D eigenvalue weighted by atomic mass is 16.5. The topological polar surface area (TPSA) is 58.6 Å². The number of carbonyl (C=O) groups excluding carboxylic acids is 2. The summed E-state index contributed by atoms with van der Waals surface area (Å²) in [5, 5.41) is 2.87. The Bertz CT molecular complexity index is 998. The predicted octanol–water partition coefficient (Wildman–Crippen LogP) is 5.39. The minimum Gasteiger partial charge on any atom is -0.490 e. The molecule has 154 valence electrons. The normalized spacial score (nSPS) is 10.5. The second-order valence-corrected chi connectivity index (χ2v) is 7.08. The van der Waals surface area contributed by atoms with Crippen molar-refractivity contribution in [1.82, 2.24) is 0 Å². The van der Waals surface area contributed by atoms with Crippen LogP contribution in [0.1, 0.15) is 41.5 Å². The Balaban J connectivity index is 1.73. The first-order valence-corrected chi connectivity index (χ1v) is 10.0. The molecular weight excluding hydrogens is 376 g/mol. The molecule has 0 heterocycles. The Morgan fingerprint density at radius 3 is 2.17 bits per heavy atom. The molecule has 0 atom stereocenters. The first-order chi connectivity index (χ1) is 14.5. The van der Waals surface area contributed by atoms with E-state index in [9.17, 15) is 9.59 Å². The van der Waals surface area contributed by atoms with Gasteiger partial charge in [-0.25, -0.2) is 0 Å². The van der Waals surface area contributed by atoms with Gasteiger partial charge in [-0.05, 0) is 69.3 Å². The molecule has 5 heteroatoms. The molecule has 0 aromatic heterocycles. The second kappa shape index (κ2) is 9.74. The Morgan fingerprint density at radius 1 is 0.900 bits per heavy atom. The summed E-state index contributed by atoms with van der Waals surface area (Å²) in [5.74, 6) is 0.195. The number of hydrogen-bond acceptors (Lipinski definition) is 3. The number of ether oxygens (including phenoxy) is 1. The van der Waals surface area contributed by atoms with E-state index < -0.39 is 0 Å². The van der Waals surface area contributed by atoms with Crippen molar-refractivity contribution >= 4 is 23.2 Å². The van der Waals surface area contributed by atoms with E-state index in [-0.39, 0.29) is 17.9 Å². The predicted molar refractivity (Wildman–Crippen MR) is 120 cm³/mol. The van der Waals surface area contributed by atoms with Crippen molar-refractivity contribution in [1.29, 1.82) is 0 Å². The van der Waals surface area contributed by atoms with Gasteiger partial charge in [0.05, 0.1) is 11.7 Å². The van der Waals surface area contributed by atoms with Crippen LogP contribution in [0.4, 0.5) is 11.4 Å². The van der Waals surface area contributed by atoms with Crippen molar-refractivity contribution < 1.29 is 14.3 Å². The number of para-hydroxylation sites is 2. The summed E-state index contributed by atoms with van der Waals surface area (Å²) in [7, 11) is 0. The van der Waals surface area contributed by atoms with E-state index >= 15 is 0 Å². The Kier molecular flexibility index (Phi) is 6.86. The molecule has 0 aliphatic heterocycles. The van der Waals surface area contributed by atoms with Gasteiger partial charge in [0.1, 0.15) is 5.75 Å². The van der Waals surface area contributed by atoms with Crippen LogP contribution in [0.3, 0.4) is 0 Å². The highest BCUT2D eigenvalue weighted by Crippen LogP contribution is 2.22. The van der Waals surface area contributed by atoms with Crippen molar-refractivity contribution in [2.75, 3.05) is 16.8 Å². The maximum Gasteiger partial charge on any atom is 0.259 e. The maximum absolute atomic E-state index is 12.9. The standard InChI is InChI=1S/C25H26N2O3/c1-4-27(21-10-6-5-7-11-21)25(29)19-14-16-20(17-15-19)26-24(28)22-12-8-9-13-23(22)30-18(2)3/h5-18H,4H2,1-3H3,(H,26,28). The molecule has 1 N–H and O–H groups in total. The number of hydrogen-bond donors (Lipinski definition) is 1. The van der Waals surface area contributed by atoms with E-state index in [0.717, 1.165) is 5.69 Å². The van der Waals surface area contributed by atoms with E-state index in [4.69, 9.17) is 4.74 Å². The van der Waals surface area contributed by atoms with Crippen LogP contribution in [0, 0.1) is 0 Å². The van der Waals surface area contributed by atoms with E-state index in [1.54, 1.807) is 47.4 Å². The second-order valence-electron chi connectivity index (χ2n) is 7.08. The Morgan fingerprint density at radius 2 is 1.53 bits per heavy atom. The smallest absolute Gasteiger partial charge is 0.259 e. The zero-order valence-electron chi connectivity index (χ0n) is 17.5. The summed E-state index contributed by atoms with van der Waals surface area (Å²) in [6.07, 6.45) is -0.0321. The molecule has 0 unspecified atom stereocenters. The molecule has 0 aliphatic carbocycles. The van der Waals surface area contributed by atoms with Crippen molar-refractivity contribution in [3.63, 3.8) is 0 Å². The van der Waals surface area contributed by atoms with Crippen LogP contribution in [0.25, 0.3) is 0 Å². The zero-order chi connectivity index (χ0) is 21.5. The lowest BCUT2D eigenvalue weighted by Gasteiger charge is -2.21. The molecule has 3 aromatic rings. The minimum absolute atomic E-state index is 0.0321. The molecule has 0 radical (unpaired) electrons. The van der Waals surface area contributed by atoms with Crippen molar-refractivity contribution in [3.05, 3.63) is 90.0 Å². The third-order valence-electron chi connectivity index (χ3n) is 4.51. The van der Waals surface area contributed by atoms with Gasteiger partial charge < -0.3 is 15.0 Å². The fourth-order valence-electron chi connectivity index (χ4n) is 3.11. The van der Waals surface area contributed by atoms with Crippen molar-refractivity contribution in [2.24, 2.45) is 0 Å². The van der Waals surface area contributed by atoms with E-state index in [0.29, 0.717) is 29.1 Å². The fraction of sp³-hybridized carbons (Fsp3) is 0.200. The lowest BCUT2D eigenvalue weighted by Crippen LogP contribution is -2.30. The van der Waals surface area contributed by atoms with Gasteiger partial charge in [-0.2, -0.15) is 0 Å². The number of rotatable bonds is 7.